The third-order valence-electron chi connectivity index (χ3n) is 4.41. The third kappa shape index (κ3) is 4.39. The van der Waals surface area contributed by atoms with Crippen molar-refractivity contribution >= 4 is 28.4 Å². The van der Waals surface area contributed by atoms with Crippen molar-refractivity contribution in [2.45, 2.75) is 16.0 Å². The number of nitrogens with zero attached hydrogens (tertiary/aromatic N) is 3. The zero-order valence-electron chi connectivity index (χ0n) is 15.7. The summed E-state index contributed by atoms with van der Waals surface area (Å²) in [6.45, 7) is 0. The molecule has 0 aliphatic rings. The Morgan fingerprint density at radius 2 is 1.81 bits per heavy atom. The van der Waals surface area contributed by atoms with Gasteiger partial charge in [0.05, 0.1) is 33.8 Å². The molecule has 154 valence electrons. The van der Waals surface area contributed by atoms with Crippen LogP contribution >= 0.6 is 11.8 Å². The lowest BCUT2D eigenvalue weighted by atomic mass is 10.1. The van der Waals surface area contributed by atoms with Gasteiger partial charge in [-0.2, -0.15) is 18.4 Å². The van der Waals surface area contributed by atoms with Crippen molar-refractivity contribution in [3.05, 3.63) is 94.5 Å². The molecule has 1 N–H and O–H groups in total. The van der Waals surface area contributed by atoms with E-state index in [1.54, 1.807) is 18.2 Å². The summed E-state index contributed by atoms with van der Waals surface area (Å²) in [7, 11) is 0. The van der Waals surface area contributed by atoms with Gasteiger partial charge in [-0.25, -0.2) is 9.66 Å². The molecule has 3 aromatic carbocycles. The highest BCUT2D eigenvalue weighted by Crippen LogP contribution is 2.34. The van der Waals surface area contributed by atoms with Crippen LogP contribution in [-0.2, 0) is 6.18 Å². The lowest BCUT2D eigenvalue weighted by Crippen LogP contribution is -2.27. The van der Waals surface area contributed by atoms with Crippen LogP contribution in [0.5, 0.6) is 0 Å². The quantitative estimate of drug-likeness (QED) is 0.467. The summed E-state index contributed by atoms with van der Waals surface area (Å²) in [5.41, 5.74) is 2.22. The van der Waals surface area contributed by atoms with Crippen LogP contribution < -0.4 is 11.0 Å². The van der Waals surface area contributed by atoms with Gasteiger partial charge in [-0.05, 0) is 48.5 Å². The number of nitrogens with one attached hydrogen (secondary N) is 1. The van der Waals surface area contributed by atoms with Crippen LogP contribution in [0.25, 0.3) is 10.9 Å². The Labute approximate surface area is 178 Å². The molecule has 1 aromatic heterocycles. The molecule has 0 unspecified atom stereocenters. The Morgan fingerprint density at radius 1 is 1.03 bits per heavy atom. The molecule has 0 aliphatic carbocycles. The average Bonchev–Trinajstić information content (AvgIpc) is 2.76. The van der Waals surface area contributed by atoms with Crippen molar-refractivity contribution in [1.29, 1.82) is 5.26 Å². The van der Waals surface area contributed by atoms with Gasteiger partial charge in [0, 0.05) is 9.79 Å². The van der Waals surface area contributed by atoms with Crippen LogP contribution in [0, 0.1) is 11.3 Å². The molecule has 0 spiro atoms. The number of halogens is 3. The minimum Gasteiger partial charge on any atom is -0.289 e. The van der Waals surface area contributed by atoms with Gasteiger partial charge < -0.3 is 0 Å². The molecule has 0 amide bonds. The van der Waals surface area contributed by atoms with E-state index in [4.69, 9.17) is 0 Å². The second-order valence-corrected chi connectivity index (χ2v) is 7.61. The maximum absolute atomic E-state index is 13.1. The number of aromatic nitrogens is 2. The van der Waals surface area contributed by atoms with Crippen LogP contribution in [0.15, 0.2) is 87.6 Å². The molecule has 9 heteroatoms. The summed E-state index contributed by atoms with van der Waals surface area (Å²) in [4.78, 5) is 18.6. The highest BCUT2D eigenvalue weighted by atomic mass is 32.2. The Morgan fingerprint density at radius 3 is 2.52 bits per heavy atom. The SMILES string of the molecule is N#Cc1ccc(Sc2ccccc2)c(Nn2cnc3ccc(C(F)(F)F)cc3c2=O)c1. The normalized spacial score (nSPS) is 11.3. The van der Waals surface area contributed by atoms with E-state index >= 15 is 0 Å². The van der Waals surface area contributed by atoms with E-state index in [0.717, 1.165) is 32.7 Å². The number of fused-ring (bicyclic) bond motifs is 1. The molecule has 31 heavy (non-hydrogen) atoms. The molecular weight excluding hydrogens is 425 g/mol. The molecule has 0 saturated heterocycles. The first-order valence-corrected chi connectivity index (χ1v) is 9.79. The molecule has 4 aromatic rings. The zero-order chi connectivity index (χ0) is 22.0. The maximum Gasteiger partial charge on any atom is 0.416 e. The number of hydrogen-bond donors (Lipinski definition) is 1. The van der Waals surface area contributed by atoms with Gasteiger partial charge in [0.25, 0.3) is 5.56 Å². The number of hydrogen-bond acceptors (Lipinski definition) is 5. The first-order valence-electron chi connectivity index (χ1n) is 8.98. The second-order valence-electron chi connectivity index (χ2n) is 6.50. The van der Waals surface area contributed by atoms with E-state index in [-0.39, 0.29) is 10.9 Å². The highest BCUT2D eigenvalue weighted by Gasteiger charge is 2.30. The fourth-order valence-corrected chi connectivity index (χ4v) is 3.80. The van der Waals surface area contributed by atoms with Crippen LogP contribution in [0.2, 0.25) is 0 Å². The van der Waals surface area contributed by atoms with Gasteiger partial charge in [0.2, 0.25) is 0 Å². The molecule has 0 saturated carbocycles. The number of nitriles is 1. The summed E-state index contributed by atoms with van der Waals surface area (Å²) in [6.07, 6.45) is -3.37. The number of benzene rings is 3. The van der Waals surface area contributed by atoms with Gasteiger partial charge in [-0.15, -0.1) is 0 Å². The summed E-state index contributed by atoms with van der Waals surface area (Å²) in [5, 5.41) is 9.07. The standard InChI is InChI=1S/C22H13F3N4OS/c23-22(24,25)15-7-8-18-17(11-15)21(30)29(13-27-18)28-19-10-14(12-26)6-9-20(19)31-16-4-2-1-3-5-16/h1-11,13,28H. The predicted molar refractivity (Wildman–Crippen MR) is 112 cm³/mol. The fourth-order valence-electron chi connectivity index (χ4n) is 2.90. The first-order chi connectivity index (χ1) is 14.8. The Hall–Kier alpha value is -3.77. The monoisotopic (exact) mass is 438 g/mol. The summed E-state index contributed by atoms with van der Waals surface area (Å²) >= 11 is 1.41. The summed E-state index contributed by atoms with van der Waals surface area (Å²) in [6, 6.07) is 19.3. The molecule has 5 nitrogen and oxygen atoms in total. The van der Waals surface area contributed by atoms with Crippen molar-refractivity contribution in [1.82, 2.24) is 9.66 Å². The smallest absolute Gasteiger partial charge is 0.289 e. The molecule has 0 radical (unpaired) electrons. The largest absolute Gasteiger partial charge is 0.416 e. The molecule has 0 aliphatic heterocycles. The molecule has 0 fully saturated rings. The average molecular weight is 438 g/mol. The Balaban J connectivity index is 1.77. The lowest BCUT2D eigenvalue weighted by Gasteiger charge is -2.14. The zero-order valence-corrected chi connectivity index (χ0v) is 16.5. The topological polar surface area (TPSA) is 70.7 Å². The van der Waals surface area contributed by atoms with Crippen molar-refractivity contribution < 1.29 is 13.2 Å². The lowest BCUT2D eigenvalue weighted by molar-refractivity contribution is -0.137. The van der Waals surface area contributed by atoms with Crippen molar-refractivity contribution in [2.75, 3.05) is 5.43 Å². The molecule has 4 rings (SSSR count). The van der Waals surface area contributed by atoms with E-state index in [1.165, 1.54) is 18.1 Å². The van der Waals surface area contributed by atoms with Gasteiger partial charge >= 0.3 is 6.18 Å². The fraction of sp³-hybridized carbons (Fsp3) is 0.0455. The van der Waals surface area contributed by atoms with Crippen molar-refractivity contribution in [3.63, 3.8) is 0 Å². The Kier molecular flexibility index (Phi) is 5.40. The van der Waals surface area contributed by atoms with Gasteiger partial charge in [-0.3, -0.25) is 10.2 Å². The van der Waals surface area contributed by atoms with E-state index in [9.17, 15) is 23.2 Å². The van der Waals surface area contributed by atoms with Crippen molar-refractivity contribution in [3.8, 4) is 6.07 Å². The predicted octanol–water partition coefficient (Wildman–Crippen LogP) is 5.31. The second kappa shape index (κ2) is 8.16. The first kappa shape index (κ1) is 20.5. The molecule has 0 atom stereocenters. The maximum atomic E-state index is 13.1. The highest BCUT2D eigenvalue weighted by molar-refractivity contribution is 7.99. The van der Waals surface area contributed by atoms with Gasteiger partial charge in [0.15, 0.2) is 0 Å². The number of anilines is 1. The number of rotatable bonds is 4. The van der Waals surface area contributed by atoms with Crippen LogP contribution in [0.4, 0.5) is 18.9 Å². The van der Waals surface area contributed by atoms with Crippen LogP contribution in [0.3, 0.4) is 0 Å². The minimum absolute atomic E-state index is 0.153. The third-order valence-corrected chi connectivity index (χ3v) is 5.49. The molecular formula is C22H13F3N4OS. The molecule has 1 heterocycles. The minimum atomic E-state index is -4.57. The van der Waals surface area contributed by atoms with Crippen LogP contribution in [-0.4, -0.2) is 9.66 Å². The Bertz CT molecular complexity index is 1360. The number of alkyl halides is 3. The molecule has 0 bridgehead atoms. The van der Waals surface area contributed by atoms with Crippen LogP contribution in [0.1, 0.15) is 11.1 Å². The summed E-state index contributed by atoms with van der Waals surface area (Å²) < 4.78 is 40.2. The van der Waals surface area contributed by atoms with Crippen molar-refractivity contribution in [2.24, 2.45) is 0 Å². The van der Waals surface area contributed by atoms with Gasteiger partial charge in [-0.1, -0.05) is 30.0 Å². The van der Waals surface area contributed by atoms with E-state index in [0.29, 0.717) is 11.3 Å². The van der Waals surface area contributed by atoms with E-state index in [1.807, 2.05) is 36.4 Å². The van der Waals surface area contributed by atoms with E-state index in [2.05, 4.69) is 10.4 Å². The van der Waals surface area contributed by atoms with Gasteiger partial charge in [0.1, 0.15) is 6.33 Å². The summed E-state index contributed by atoms with van der Waals surface area (Å²) in [5.74, 6) is 0. The van der Waals surface area contributed by atoms with E-state index < -0.39 is 17.3 Å².